The Morgan fingerprint density at radius 2 is 2.22 bits per heavy atom. The molecule has 18 heavy (non-hydrogen) atoms. The lowest BCUT2D eigenvalue weighted by Crippen LogP contribution is -2.25. The molecule has 98 valence electrons. The fourth-order valence-electron chi connectivity index (χ4n) is 2.06. The number of hydrogen-bond donors (Lipinski definition) is 0. The van der Waals surface area contributed by atoms with Gasteiger partial charge in [0.1, 0.15) is 0 Å². The lowest BCUT2D eigenvalue weighted by atomic mass is 10.1. The van der Waals surface area contributed by atoms with E-state index >= 15 is 0 Å². The highest BCUT2D eigenvalue weighted by Crippen LogP contribution is 2.26. The minimum Gasteiger partial charge on any atom is -0.380 e. The predicted octanol–water partition coefficient (Wildman–Crippen LogP) is 2.56. The second kappa shape index (κ2) is 6.02. The minimum atomic E-state index is -0.396. The molecule has 1 aromatic rings. The van der Waals surface area contributed by atoms with Crippen LogP contribution in [0.4, 0.5) is 11.4 Å². The van der Waals surface area contributed by atoms with Gasteiger partial charge < -0.3 is 9.64 Å². The van der Waals surface area contributed by atoms with Gasteiger partial charge in [0.2, 0.25) is 0 Å². The monoisotopic (exact) mass is 270 g/mol. The molecule has 0 amide bonds. The van der Waals surface area contributed by atoms with Crippen LogP contribution in [0, 0.1) is 10.1 Å². The fourth-order valence-corrected chi connectivity index (χ4v) is 2.27. The maximum atomic E-state index is 10.8. The van der Waals surface area contributed by atoms with Crippen LogP contribution >= 0.6 is 11.6 Å². The maximum absolute atomic E-state index is 10.8. The lowest BCUT2D eigenvalue weighted by molar-refractivity contribution is -0.385. The van der Waals surface area contributed by atoms with Gasteiger partial charge in [0.05, 0.1) is 17.4 Å². The van der Waals surface area contributed by atoms with Crippen molar-refractivity contribution in [3.8, 4) is 0 Å². The second-order valence-electron chi connectivity index (χ2n) is 4.16. The first-order chi connectivity index (χ1) is 8.72. The standard InChI is InChI=1S/C12H15ClN2O3/c13-9-10-8-11(2-3-12(10)15(16)17)14-4-1-6-18-7-5-14/h2-3,8H,1,4-7,9H2. The summed E-state index contributed by atoms with van der Waals surface area (Å²) >= 11 is 5.77. The van der Waals surface area contributed by atoms with E-state index in [1.807, 2.05) is 0 Å². The first-order valence-corrected chi connectivity index (χ1v) is 6.42. The average molecular weight is 271 g/mol. The number of nitro groups is 1. The zero-order valence-electron chi connectivity index (χ0n) is 9.97. The first kappa shape index (κ1) is 13.1. The Labute approximate surface area is 110 Å². The summed E-state index contributed by atoms with van der Waals surface area (Å²) in [6, 6.07) is 5.11. The molecule has 6 heteroatoms. The van der Waals surface area contributed by atoms with E-state index in [1.54, 1.807) is 12.1 Å². The molecule has 0 aromatic heterocycles. The Morgan fingerprint density at radius 3 is 2.94 bits per heavy atom. The highest BCUT2D eigenvalue weighted by molar-refractivity contribution is 6.17. The third-order valence-corrected chi connectivity index (χ3v) is 3.28. The zero-order chi connectivity index (χ0) is 13.0. The Balaban J connectivity index is 2.25. The average Bonchev–Trinajstić information content (AvgIpc) is 2.66. The van der Waals surface area contributed by atoms with Crippen LogP contribution < -0.4 is 4.90 Å². The summed E-state index contributed by atoms with van der Waals surface area (Å²) in [5.41, 5.74) is 1.62. The first-order valence-electron chi connectivity index (χ1n) is 5.88. The van der Waals surface area contributed by atoms with Crippen LogP contribution in [0.5, 0.6) is 0 Å². The van der Waals surface area contributed by atoms with Crippen LogP contribution in [-0.2, 0) is 10.6 Å². The molecule has 2 rings (SSSR count). The van der Waals surface area contributed by atoms with Crippen molar-refractivity contribution in [2.75, 3.05) is 31.2 Å². The van der Waals surface area contributed by atoms with E-state index < -0.39 is 4.92 Å². The molecule has 1 aliphatic rings. The highest BCUT2D eigenvalue weighted by atomic mass is 35.5. The number of halogens is 1. The van der Waals surface area contributed by atoms with Gasteiger partial charge in [0.25, 0.3) is 5.69 Å². The van der Waals surface area contributed by atoms with Crippen LogP contribution in [-0.4, -0.2) is 31.2 Å². The number of nitro benzene ring substituents is 1. The van der Waals surface area contributed by atoms with Gasteiger partial charge in [-0.15, -0.1) is 11.6 Å². The molecule has 1 heterocycles. The van der Waals surface area contributed by atoms with E-state index in [2.05, 4.69) is 4.90 Å². The second-order valence-corrected chi connectivity index (χ2v) is 4.42. The van der Waals surface area contributed by atoms with Crippen molar-refractivity contribution in [1.82, 2.24) is 0 Å². The summed E-state index contributed by atoms with van der Waals surface area (Å²) < 4.78 is 5.39. The molecule has 0 unspecified atom stereocenters. The molecule has 5 nitrogen and oxygen atoms in total. The van der Waals surface area contributed by atoms with E-state index in [1.165, 1.54) is 6.07 Å². The third kappa shape index (κ3) is 2.91. The zero-order valence-corrected chi connectivity index (χ0v) is 10.7. The minimum absolute atomic E-state index is 0.0832. The molecule has 1 saturated heterocycles. The van der Waals surface area contributed by atoms with E-state index in [-0.39, 0.29) is 11.6 Å². The van der Waals surface area contributed by atoms with Crippen LogP contribution in [0.3, 0.4) is 0 Å². The molecule has 0 aliphatic carbocycles. The number of benzene rings is 1. The molecule has 1 aromatic carbocycles. The molecular weight excluding hydrogens is 256 g/mol. The SMILES string of the molecule is O=[N+]([O-])c1ccc(N2CCCOCC2)cc1CCl. The highest BCUT2D eigenvalue weighted by Gasteiger charge is 2.16. The van der Waals surface area contributed by atoms with Crippen molar-refractivity contribution >= 4 is 23.0 Å². The van der Waals surface area contributed by atoms with Crippen molar-refractivity contribution < 1.29 is 9.66 Å². The van der Waals surface area contributed by atoms with Crippen LogP contribution in [0.2, 0.25) is 0 Å². The summed E-state index contributed by atoms with van der Waals surface area (Å²) in [5.74, 6) is 0.147. The van der Waals surface area contributed by atoms with E-state index in [0.29, 0.717) is 12.2 Å². The Hall–Kier alpha value is -1.33. The fraction of sp³-hybridized carbons (Fsp3) is 0.500. The van der Waals surface area contributed by atoms with E-state index in [0.717, 1.165) is 31.8 Å². The Bertz CT molecular complexity index is 431. The quantitative estimate of drug-likeness (QED) is 0.481. The van der Waals surface area contributed by atoms with Crippen LogP contribution in [0.25, 0.3) is 0 Å². The topological polar surface area (TPSA) is 55.6 Å². The maximum Gasteiger partial charge on any atom is 0.273 e. The number of rotatable bonds is 3. The number of ether oxygens (including phenoxy) is 1. The van der Waals surface area contributed by atoms with Crippen molar-refractivity contribution in [3.63, 3.8) is 0 Å². The van der Waals surface area contributed by atoms with Gasteiger partial charge in [-0.1, -0.05) is 0 Å². The Morgan fingerprint density at radius 1 is 1.39 bits per heavy atom. The molecule has 0 radical (unpaired) electrons. The molecule has 0 saturated carbocycles. The number of hydrogen-bond acceptors (Lipinski definition) is 4. The summed E-state index contributed by atoms with van der Waals surface area (Å²) in [6.45, 7) is 3.16. The summed E-state index contributed by atoms with van der Waals surface area (Å²) in [7, 11) is 0. The van der Waals surface area contributed by atoms with Gasteiger partial charge >= 0.3 is 0 Å². The molecule has 0 N–H and O–H groups in total. The van der Waals surface area contributed by atoms with Crippen molar-refractivity contribution in [1.29, 1.82) is 0 Å². The van der Waals surface area contributed by atoms with E-state index in [4.69, 9.17) is 16.3 Å². The Kier molecular flexibility index (Phi) is 4.38. The number of alkyl halides is 1. The smallest absolute Gasteiger partial charge is 0.273 e. The normalized spacial score (nSPS) is 16.4. The van der Waals surface area contributed by atoms with Crippen LogP contribution in [0.15, 0.2) is 18.2 Å². The van der Waals surface area contributed by atoms with Gasteiger partial charge in [0.15, 0.2) is 0 Å². The molecule has 0 spiro atoms. The predicted molar refractivity (Wildman–Crippen MR) is 70.3 cm³/mol. The van der Waals surface area contributed by atoms with Crippen molar-refractivity contribution in [2.45, 2.75) is 12.3 Å². The summed E-state index contributed by atoms with van der Waals surface area (Å²) in [6.07, 6.45) is 0.965. The summed E-state index contributed by atoms with van der Waals surface area (Å²) in [4.78, 5) is 12.6. The van der Waals surface area contributed by atoms with E-state index in [9.17, 15) is 10.1 Å². The summed E-state index contributed by atoms with van der Waals surface area (Å²) in [5, 5.41) is 10.8. The molecule has 0 bridgehead atoms. The number of anilines is 1. The van der Waals surface area contributed by atoms with Gasteiger partial charge in [-0.25, -0.2) is 0 Å². The largest absolute Gasteiger partial charge is 0.380 e. The molecule has 0 atom stereocenters. The van der Waals surface area contributed by atoms with Crippen molar-refractivity contribution in [3.05, 3.63) is 33.9 Å². The van der Waals surface area contributed by atoms with Crippen molar-refractivity contribution in [2.24, 2.45) is 0 Å². The lowest BCUT2D eigenvalue weighted by Gasteiger charge is -2.22. The van der Waals surface area contributed by atoms with Gasteiger partial charge in [0, 0.05) is 37.0 Å². The molecule has 1 fully saturated rings. The van der Waals surface area contributed by atoms with Gasteiger partial charge in [-0.05, 0) is 18.6 Å². The molecule has 1 aliphatic heterocycles. The number of nitrogens with zero attached hydrogens (tertiary/aromatic N) is 2. The van der Waals surface area contributed by atoms with Crippen LogP contribution in [0.1, 0.15) is 12.0 Å². The van der Waals surface area contributed by atoms with Gasteiger partial charge in [-0.2, -0.15) is 0 Å². The van der Waals surface area contributed by atoms with Gasteiger partial charge in [-0.3, -0.25) is 10.1 Å². The molecular formula is C12H15ClN2O3. The third-order valence-electron chi connectivity index (χ3n) is 2.99.